The molecular formula is C29H33ClN4O11. The first-order valence-electron chi connectivity index (χ1n) is 12.6. The van der Waals surface area contributed by atoms with E-state index in [1.165, 1.54) is 36.2 Å². The molecule has 0 aliphatic carbocycles. The molecule has 16 heteroatoms. The van der Waals surface area contributed by atoms with Crippen molar-refractivity contribution in [1.82, 2.24) is 9.80 Å². The van der Waals surface area contributed by atoms with Crippen molar-refractivity contribution in [3.05, 3.63) is 94.0 Å². The van der Waals surface area contributed by atoms with Gasteiger partial charge in [0.05, 0.1) is 43.2 Å². The lowest BCUT2D eigenvalue weighted by Crippen LogP contribution is -3.00. The zero-order valence-electron chi connectivity index (χ0n) is 25.3. The monoisotopic (exact) mass is 648 g/mol. The number of phenolic OH excluding ortho intramolecular Hbond substituents is 2. The fourth-order valence-electron chi connectivity index (χ4n) is 3.65. The predicted molar refractivity (Wildman–Crippen MR) is 160 cm³/mol. The fraction of sp³-hybridized carbons (Fsp3) is 0.241. The summed E-state index contributed by atoms with van der Waals surface area (Å²) in [5.41, 5.74) is 1.90. The van der Waals surface area contributed by atoms with E-state index in [1.54, 1.807) is 52.5 Å². The van der Waals surface area contributed by atoms with Gasteiger partial charge in [0.25, 0.3) is 28.1 Å². The van der Waals surface area contributed by atoms with Gasteiger partial charge in [-0.2, -0.15) is 0 Å². The van der Waals surface area contributed by atoms with Crippen molar-refractivity contribution in [3.8, 4) is 23.0 Å². The van der Waals surface area contributed by atoms with Crippen LogP contribution in [-0.2, 0) is 6.61 Å². The van der Waals surface area contributed by atoms with Crippen molar-refractivity contribution in [2.75, 3.05) is 47.7 Å². The molecule has 0 unspecified atom stereocenters. The number of nitrogens with zero attached hydrogens (tertiary/aromatic N) is 2. The molecule has 0 saturated heterocycles. The quantitative estimate of drug-likeness (QED) is 0.0960. The van der Waals surface area contributed by atoms with Crippen LogP contribution in [-0.4, -0.2) is 79.3 Å². The third kappa shape index (κ3) is 8.03. The van der Waals surface area contributed by atoms with Gasteiger partial charge in [0.15, 0.2) is 28.7 Å². The molecule has 0 bridgehead atoms. The summed E-state index contributed by atoms with van der Waals surface area (Å²) in [6.07, 6.45) is 0. The maximum absolute atomic E-state index is 11.9. The van der Waals surface area contributed by atoms with Crippen molar-refractivity contribution in [1.29, 1.82) is 0 Å². The van der Waals surface area contributed by atoms with Crippen LogP contribution in [0.5, 0.6) is 23.0 Å². The van der Waals surface area contributed by atoms with Crippen molar-refractivity contribution in [3.63, 3.8) is 0 Å². The average molecular weight is 649 g/mol. The SMILES string of the molecule is CN(C)C(=O)c1cccc([NH3+])c1O.COc1c(CO)c(=O)c1=O.COc1c(Nc2cccc(C(=O)N(C)C)c2O)c(=O)c1=O.[Cl-]. The van der Waals surface area contributed by atoms with Gasteiger partial charge in [-0.1, -0.05) is 12.1 Å². The molecule has 0 radical (unpaired) electrons. The first kappa shape index (κ1) is 37.8. The van der Waals surface area contributed by atoms with Gasteiger partial charge in [-0.3, -0.25) is 28.8 Å². The maximum atomic E-state index is 11.9. The highest BCUT2D eigenvalue weighted by atomic mass is 35.5. The van der Waals surface area contributed by atoms with Crippen LogP contribution in [0.25, 0.3) is 0 Å². The lowest BCUT2D eigenvalue weighted by molar-refractivity contribution is -0.256. The number of carbonyl (C=O) groups is 2. The van der Waals surface area contributed by atoms with Crippen LogP contribution in [0.1, 0.15) is 26.3 Å². The highest BCUT2D eigenvalue weighted by molar-refractivity contribution is 5.99. The van der Waals surface area contributed by atoms with Crippen molar-refractivity contribution in [2.45, 2.75) is 6.61 Å². The Hall–Kier alpha value is -5.25. The first-order valence-corrected chi connectivity index (χ1v) is 12.6. The smallest absolute Gasteiger partial charge is 0.272 e. The summed E-state index contributed by atoms with van der Waals surface area (Å²) in [7, 11) is 8.95. The number of quaternary nitrogens is 1. The minimum absolute atomic E-state index is 0. The van der Waals surface area contributed by atoms with Crippen LogP contribution in [0, 0.1) is 0 Å². The predicted octanol–water partition coefficient (Wildman–Crippen LogP) is -3.80. The Morgan fingerprint density at radius 2 is 1.22 bits per heavy atom. The summed E-state index contributed by atoms with van der Waals surface area (Å²) in [4.78, 5) is 69.8. The first-order chi connectivity index (χ1) is 20.6. The molecule has 0 aromatic heterocycles. The number of nitrogens with one attached hydrogen (secondary N) is 1. The minimum Gasteiger partial charge on any atom is -1.00 e. The van der Waals surface area contributed by atoms with Crippen molar-refractivity contribution >= 4 is 28.9 Å². The number of ether oxygens (including phenoxy) is 2. The summed E-state index contributed by atoms with van der Waals surface area (Å²) in [6.45, 7) is -0.423. The number of rotatable bonds is 7. The zero-order valence-corrected chi connectivity index (χ0v) is 26.0. The highest BCUT2D eigenvalue weighted by Gasteiger charge is 2.24. The van der Waals surface area contributed by atoms with E-state index in [2.05, 4.69) is 15.8 Å². The number of anilines is 2. The van der Waals surface area contributed by atoms with Crippen LogP contribution in [0.4, 0.5) is 17.1 Å². The Morgan fingerprint density at radius 3 is 1.67 bits per heavy atom. The van der Waals surface area contributed by atoms with E-state index in [4.69, 9.17) is 9.84 Å². The van der Waals surface area contributed by atoms with Gasteiger partial charge < -0.3 is 58.1 Å². The Balaban J connectivity index is 0.000000362. The standard InChI is InChI=1S/C14H14N2O5.C9H12N2O2.C6H6O4.ClH/c1-16(2)14(20)7-5-4-6-8(10(7)17)15-9-11(18)12(19)13(9)21-3;1-11(2)9(13)6-4-3-5-7(10)8(6)12;1-10-6-3(2-7)4(8)5(6)9;/h4-6,15,17H,1-3H3;3-5,12H,10H2,1-2H3;7H,2H2,1H3;1H. The number of aliphatic hydroxyl groups excluding tert-OH is 1. The van der Waals surface area contributed by atoms with Gasteiger partial charge in [0.2, 0.25) is 5.43 Å². The Kier molecular flexibility index (Phi) is 13.4. The van der Waals surface area contributed by atoms with Gasteiger partial charge in [0, 0.05) is 34.3 Å². The number of phenols is 2. The molecular weight excluding hydrogens is 616 g/mol. The van der Waals surface area contributed by atoms with E-state index >= 15 is 0 Å². The summed E-state index contributed by atoms with van der Waals surface area (Å²) in [6, 6.07) is 9.42. The molecule has 4 rings (SSSR count). The van der Waals surface area contributed by atoms with Gasteiger partial charge in [-0.15, -0.1) is 0 Å². The van der Waals surface area contributed by atoms with Gasteiger partial charge in [0.1, 0.15) is 5.69 Å². The largest absolute Gasteiger partial charge is 1.00 e. The molecule has 4 aromatic carbocycles. The second kappa shape index (κ2) is 16.0. The van der Waals surface area contributed by atoms with Crippen molar-refractivity contribution in [2.24, 2.45) is 0 Å². The van der Waals surface area contributed by atoms with Gasteiger partial charge in [-0.25, -0.2) is 0 Å². The summed E-state index contributed by atoms with van der Waals surface area (Å²) >= 11 is 0. The number of aliphatic hydroxyl groups is 1. The molecule has 7 N–H and O–H groups in total. The Labute approximate surface area is 262 Å². The van der Waals surface area contributed by atoms with E-state index < -0.39 is 28.3 Å². The molecule has 0 spiro atoms. The molecule has 15 nitrogen and oxygen atoms in total. The molecule has 2 amide bonds. The molecule has 4 aromatic rings. The second-order valence-electron chi connectivity index (χ2n) is 9.43. The molecule has 0 atom stereocenters. The van der Waals surface area contributed by atoms with E-state index in [0.717, 1.165) is 0 Å². The van der Waals surface area contributed by atoms with Crippen molar-refractivity contribution < 1.29 is 52.5 Å². The van der Waals surface area contributed by atoms with Crippen LogP contribution in [0.15, 0.2) is 55.6 Å². The average Bonchev–Trinajstić information content (AvgIpc) is 3.00. The molecule has 0 saturated carbocycles. The molecule has 242 valence electrons. The molecule has 0 fully saturated rings. The molecule has 0 heterocycles. The third-order valence-corrected chi connectivity index (χ3v) is 6.08. The van der Waals surface area contributed by atoms with Gasteiger partial charge >= 0.3 is 0 Å². The number of hydrogen-bond acceptors (Lipinski definition) is 12. The lowest BCUT2D eigenvalue weighted by Gasteiger charge is -2.16. The minimum atomic E-state index is -0.726. The normalized spacial score (nSPS) is 9.96. The number of para-hydroxylation sites is 2. The van der Waals surface area contributed by atoms with Crippen LogP contribution < -0.4 is 54.6 Å². The van der Waals surface area contributed by atoms with Crippen LogP contribution >= 0.6 is 0 Å². The second-order valence-corrected chi connectivity index (χ2v) is 9.43. The summed E-state index contributed by atoms with van der Waals surface area (Å²) in [5, 5.41) is 30.7. The highest BCUT2D eigenvalue weighted by Crippen LogP contribution is 2.32. The van der Waals surface area contributed by atoms with E-state index in [-0.39, 0.29) is 75.3 Å². The zero-order chi connectivity index (χ0) is 33.5. The number of carbonyl (C=O) groups excluding carboxylic acids is 2. The summed E-state index contributed by atoms with van der Waals surface area (Å²) in [5.74, 6) is -1.04. The lowest BCUT2D eigenvalue weighted by atomic mass is 10.1. The number of amides is 2. The number of aromatic hydroxyl groups is 2. The molecule has 0 aliphatic heterocycles. The molecule has 45 heavy (non-hydrogen) atoms. The maximum Gasteiger partial charge on any atom is 0.272 e. The van der Waals surface area contributed by atoms with Gasteiger partial charge in [-0.05, 0) is 18.2 Å². The Bertz CT molecular complexity index is 1790. The number of hydrogen-bond donors (Lipinski definition) is 5. The molecule has 0 aliphatic rings. The number of halogens is 1. The number of methoxy groups -OCH3 is 2. The van der Waals surface area contributed by atoms with E-state index in [1.807, 2.05) is 0 Å². The number of benzene rings is 2. The third-order valence-electron chi connectivity index (χ3n) is 6.08. The summed E-state index contributed by atoms with van der Waals surface area (Å²) < 4.78 is 9.32. The van der Waals surface area contributed by atoms with E-state index in [9.17, 15) is 39.0 Å². The van der Waals surface area contributed by atoms with Crippen LogP contribution in [0.2, 0.25) is 0 Å². The topological polar surface area (TPSA) is 228 Å². The Morgan fingerprint density at radius 1 is 0.756 bits per heavy atom. The van der Waals surface area contributed by atoms with Crippen LogP contribution in [0.3, 0.4) is 0 Å². The fourth-order valence-corrected chi connectivity index (χ4v) is 3.65. The van der Waals surface area contributed by atoms with E-state index in [0.29, 0.717) is 5.69 Å².